The molecule has 1 N–H and O–H groups in total. The van der Waals surface area contributed by atoms with Gasteiger partial charge in [0.15, 0.2) is 0 Å². The van der Waals surface area contributed by atoms with Gasteiger partial charge in [0.2, 0.25) is 0 Å². The van der Waals surface area contributed by atoms with Crippen molar-refractivity contribution in [1.82, 2.24) is 5.32 Å². The Kier molecular flexibility index (Phi) is 5.68. The molecule has 21 heavy (non-hydrogen) atoms. The summed E-state index contributed by atoms with van der Waals surface area (Å²) >= 11 is 0. The largest absolute Gasteiger partial charge is 0.490 e. The number of carbonyl (C=O) groups excluding carboxylic acids is 1. The number of hydrogen-bond donors (Lipinski definition) is 1. The SMILES string of the molecule is CC#CC(=O)NC(C)Cc1cccc(OC2CCCC2)c1. The Labute approximate surface area is 127 Å². The first-order valence-corrected chi connectivity index (χ1v) is 7.66. The number of amides is 1. The Bertz CT molecular complexity index is 536. The molecule has 1 atom stereocenters. The lowest BCUT2D eigenvalue weighted by Gasteiger charge is -2.15. The molecule has 1 amide bonds. The molecule has 3 heteroatoms. The van der Waals surface area contributed by atoms with E-state index >= 15 is 0 Å². The van der Waals surface area contributed by atoms with E-state index in [1.54, 1.807) is 6.92 Å². The van der Waals surface area contributed by atoms with Gasteiger partial charge in [-0.3, -0.25) is 4.79 Å². The monoisotopic (exact) mass is 285 g/mol. The quantitative estimate of drug-likeness (QED) is 0.844. The van der Waals surface area contributed by atoms with E-state index in [4.69, 9.17) is 4.74 Å². The van der Waals surface area contributed by atoms with E-state index in [1.807, 2.05) is 19.1 Å². The summed E-state index contributed by atoms with van der Waals surface area (Å²) in [6.45, 7) is 3.65. The van der Waals surface area contributed by atoms with Gasteiger partial charge in [-0.1, -0.05) is 18.1 Å². The van der Waals surface area contributed by atoms with Gasteiger partial charge in [0.25, 0.3) is 5.91 Å². The minimum atomic E-state index is -0.219. The standard InChI is InChI=1S/C18H23NO2/c1-3-7-18(20)19-14(2)12-15-8-6-11-17(13-15)21-16-9-4-5-10-16/h6,8,11,13-14,16H,4-5,9-10,12H2,1-2H3,(H,19,20). The molecule has 0 heterocycles. The van der Waals surface area contributed by atoms with Crippen LogP contribution in [0.25, 0.3) is 0 Å². The van der Waals surface area contributed by atoms with Crippen LogP contribution in [0.15, 0.2) is 24.3 Å². The topological polar surface area (TPSA) is 38.3 Å². The fraction of sp³-hybridized carbons (Fsp3) is 0.500. The van der Waals surface area contributed by atoms with E-state index in [1.165, 1.54) is 18.4 Å². The summed E-state index contributed by atoms with van der Waals surface area (Å²) in [4.78, 5) is 11.4. The molecule has 2 rings (SSSR count). The molecular formula is C18H23NO2. The second kappa shape index (κ2) is 7.73. The smallest absolute Gasteiger partial charge is 0.296 e. The highest BCUT2D eigenvalue weighted by molar-refractivity contribution is 5.93. The van der Waals surface area contributed by atoms with Crippen LogP contribution in [0.1, 0.15) is 45.1 Å². The number of ether oxygens (including phenoxy) is 1. The molecule has 0 bridgehead atoms. The summed E-state index contributed by atoms with van der Waals surface area (Å²) in [5.41, 5.74) is 1.17. The number of benzene rings is 1. The fourth-order valence-electron chi connectivity index (χ4n) is 2.72. The van der Waals surface area contributed by atoms with Gasteiger partial charge in [0.1, 0.15) is 5.75 Å². The van der Waals surface area contributed by atoms with Gasteiger partial charge in [0, 0.05) is 6.04 Å². The molecule has 1 aromatic rings. The highest BCUT2D eigenvalue weighted by Gasteiger charge is 2.16. The third-order valence-electron chi connectivity index (χ3n) is 3.66. The number of nitrogens with one attached hydrogen (secondary N) is 1. The van der Waals surface area contributed by atoms with Crippen LogP contribution in [0.2, 0.25) is 0 Å². The summed E-state index contributed by atoms with van der Waals surface area (Å²) in [5.74, 6) is 5.82. The summed E-state index contributed by atoms with van der Waals surface area (Å²) < 4.78 is 6.01. The molecule has 1 fully saturated rings. The number of rotatable bonds is 5. The lowest BCUT2D eigenvalue weighted by atomic mass is 10.1. The summed E-state index contributed by atoms with van der Waals surface area (Å²) in [5, 5.41) is 2.87. The van der Waals surface area contributed by atoms with Crippen LogP contribution < -0.4 is 10.1 Å². The van der Waals surface area contributed by atoms with E-state index in [2.05, 4.69) is 29.3 Å². The minimum absolute atomic E-state index is 0.0556. The zero-order chi connectivity index (χ0) is 15.1. The highest BCUT2D eigenvalue weighted by Crippen LogP contribution is 2.24. The first kappa shape index (κ1) is 15.4. The lowest BCUT2D eigenvalue weighted by Crippen LogP contribution is -2.33. The second-order valence-electron chi connectivity index (χ2n) is 5.63. The Morgan fingerprint density at radius 3 is 2.90 bits per heavy atom. The summed E-state index contributed by atoms with van der Waals surface area (Å²) in [6, 6.07) is 8.22. The molecule has 1 saturated carbocycles. The maximum atomic E-state index is 11.4. The first-order valence-electron chi connectivity index (χ1n) is 7.66. The average molecular weight is 285 g/mol. The van der Waals surface area contributed by atoms with Crippen LogP contribution in [0.4, 0.5) is 0 Å². The van der Waals surface area contributed by atoms with Gasteiger partial charge in [-0.05, 0) is 69.6 Å². The second-order valence-corrected chi connectivity index (χ2v) is 5.63. The Morgan fingerprint density at radius 1 is 1.43 bits per heavy atom. The summed E-state index contributed by atoms with van der Waals surface area (Å²) in [6.07, 6.45) is 6.01. The van der Waals surface area contributed by atoms with Gasteiger partial charge < -0.3 is 10.1 Å². The van der Waals surface area contributed by atoms with Crippen LogP contribution >= 0.6 is 0 Å². The van der Waals surface area contributed by atoms with E-state index in [0.717, 1.165) is 25.0 Å². The van der Waals surface area contributed by atoms with Crippen LogP contribution in [-0.2, 0) is 11.2 Å². The molecule has 1 aliphatic rings. The van der Waals surface area contributed by atoms with Crippen molar-refractivity contribution in [3.63, 3.8) is 0 Å². The maximum absolute atomic E-state index is 11.4. The molecular weight excluding hydrogens is 262 g/mol. The van der Waals surface area contributed by atoms with Crippen molar-refractivity contribution >= 4 is 5.91 Å². The predicted octanol–water partition coefficient (Wildman–Crippen LogP) is 3.08. The lowest BCUT2D eigenvalue weighted by molar-refractivity contribution is -0.116. The predicted molar refractivity (Wildman–Crippen MR) is 84.1 cm³/mol. The molecule has 1 unspecified atom stereocenters. The number of carbonyl (C=O) groups is 1. The normalized spacial score (nSPS) is 15.9. The molecule has 112 valence electrons. The molecule has 1 aromatic carbocycles. The molecule has 1 aliphatic carbocycles. The molecule has 0 radical (unpaired) electrons. The molecule has 3 nitrogen and oxygen atoms in total. The Morgan fingerprint density at radius 2 is 2.19 bits per heavy atom. The average Bonchev–Trinajstić information content (AvgIpc) is 2.92. The van der Waals surface area contributed by atoms with Gasteiger partial charge in [-0.15, -0.1) is 0 Å². The van der Waals surface area contributed by atoms with Crippen LogP contribution in [0.5, 0.6) is 5.75 Å². The molecule has 0 spiro atoms. The molecule has 0 aromatic heterocycles. The van der Waals surface area contributed by atoms with E-state index in [-0.39, 0.29) is 11.9 Å². The van der Waals surface area contributed by atoms with E-state index in [0.29, 0.717) is 6.10 Å². The maximum Gasteiger partial charge on any atom is 0.296 e. The van der Waals surface area contributed by atoms with Crippen molar-refractivity contribution < 1.29 is 9.53 Å². The first-order chi connectivity index (χ1) is 10.2. The van der Waals surface area contributed by atoms with Crippen LogP contribution in [0.3, 0.4) is 0 Å². The minimum Gasteiger partial charge on any atom is -0.490 e. The van der Waals surface area contributed by atoms with Crippen LogP contribution in [0, 0.1) is 11.8 Å². The van der Waals surface area contributed by atoms with Gasteiger partial charge in [-0.25, -0.2) is 0 Å². The van der Waals surface area contributed by atoms with Crippen molar-refractivity contribution in [1.29, 1.82) is 0 Å². The van der Waals surface area contributed by atoms with Gasteiger partial charge in [0.05, 0.1) is 6.10 Å². The van der Waals surface area contributed by atoms with Gasteiger partial charge >= 0.3 is 0 Å². The third-order valence-corrected chi connectivity index (χ3v) is 3.66. The van der Waals surface area contributed by atoms with Crippen molar-refractivity contribution in [2.45, 2.75) is 58.1 Å². The highest BCUT2D eigenvalue weighted by atomic mass is 16.5. The van der Waals surface area contributed by atoms with Crippen molar-refractivity contribution in [2.75, 3.05) is 0 Å². The van der Waals surface area contributed by atoms with Crippen LogP contribution in [-0.4, -0.2) is 18.1 Å². The van der Waals surface area contributed by atoms with Crippen molar-refractivity contribution in [3.05, 3.63) is 29.8 Å². The summed E-state index contributed by atoms with van der Waals surface area (Å²) in [7, 11) is 0. The van der Waals surface area contributed by atoms with Gasteiger partial charge in [-0.2, -0.15) is 0 Å². The van der Waals surface area contributed by atoms with Crippen molar-refractivity contribution in [3.8, 4) is 17.6 Å². The number of hydrogen-bond acceptors (Lipinski definition) is 2. The van der Waals surface area contributed by atoms with Crippen molar-refractivity contribution in [2.24, 2.45) is 0 Å². The fourth-order valence-corrected chi connectivity index (χ4v) is 2.72. The zero-order valence-corrected chi connectivity index (χ0v) is 12.8. The molecule has 0 aliphatic heterocycles. The Balaban J connectivity index is 1.90. The van der Waals surface area contributed by atoms with E-state index < -0.39 is 0 Å². The zero-order valence-electron chi connectivity index (χ0n) is 12.8. The third kappa shape index (κ3) is 5.15. The Hall–Kier alpha value is -1.95. The molecule has 0 saturated heterocycles. The van der Waals surface area contributed by atoms with E-state index in [9.17, 15) is 4.79 Å².